The number of benzene rings is 2. The first kappa shape index (κ1) is 22.2. The SMILES string of the molecule is Cc1ccc(-n2nc(-c3ccc(C)o3)cc2C(=O)N2CCC(Cc3ccccc3)CC2)c(C)c1. The van der Waals surface area contributed by atoms with Crippen LogP contribution in [0.1, 0.15) is 45.8 Å². The van der Waals surface area contributed by atoms with Crippen molar-refractivity contribution in [2.45, 2.75) is 40.0 Å². The Labute approximate surface area is 201 Å². The standard InChI is InChI=1S/C29H31N3O2/c1-20-9-11-26(21(2)17-20)32-27(19-25(30-32)28-12-10-22(3)34-28)29(33)31-15-13-24(14-16-31)18-23-7-5-4-6-8-23/h4-12,17,19,24H,13-16,18H2,1-3H3. The van der Waals surface area contributed by atoms with E-state index in [9.17, 15) is 4.79 Å². The third kappa shape index (κ3) is 4.56. The maximum atomic E-state index is 13.7. The zero-order valence-electron chi connectivity index (χ0n) is 20.1. The van der Waals surface area contributed by atoms with E-state index < -0.39 is 0 Å². The van der Waals surface area contributed by atoms with Gasteiger partial charge in [-0.25, -0.2) is 4.68 Å². The van der Waals surface area contributed by atoms with Crippen LogP contribution in [0.25, 0.3) is 17.1 Å². The van der Waals surface area contributed by atoms with Gasteiger partial charge in [0.05, 0.1) is 5.69 Å². The molecule has 0 aliphatic carbocycles. The molecule has 3 heterocycles. The Bertz CT molecular complexity index is 1290. The van der Waals surface area contributed by atoms with Crippen molar-refractivity contribution < 1.29 is 9.21 Å². The van der Waals surface area contributed by atoms with Gasteiger partial charge in [0.15, 0.2) is 5.76 Å². The molecular weight excluding hydrogens is 422 g/mol. The quantitative estimate of drug-likeness (QED) is 0.364. The van der Waals surface area contributed by atoms with E-state index in [1.54, 1.807) is 4.68 Å². The van der Waals surface area contributed by atoms with E-state index in [1.165, 1.54) is 11.1 Å². The summed E-state index contributed by atoms with van der Waals surface area (Å²) in [7, 11) is 0. The monoisotopic (exact) mass is 453 g/mol. The number of aryl methyl sites for hydroxylation is 3. The number of aromatic nitrogens is 2. The van der Waals surface area contributed by atoms with Gasteiger partial charge in [-0.15, -0.1) is 0 Å². The molecule has 0 radical (unpaired) electrons. The van der Waals surface area contributed by atoms with Crippen LogP contribution >= 0.6 is 0 Å². The summed E-state index contributed by atoms with van der Waals surface area (Å²) in [5.74, 6) is 2.14. The number of hydrogen-bond acceptors (Lipinski definition) is 3. The number of nitrogens with zero attached hydrogens (tertiary/aromatic N) is 3. The molecule has 0 atom stereocenters. The molecule has 0 N–H and O–H groups in total. The lowest BCUT2D eigenvalue weighted by molar-refractivity contribution is 0.0681. The van der Waals surface area contributed by atoms with Crippen molar-refractivity contribution >= 4 is 5.91 Å². The first-order valence-corrected chi connectivity index (χ1v) is 12.1. The summed E-state index contributed by atoms with van der Waals surface area (Å²) in [5, 5.41) is 4.82. The van der Waals surface area contributed by atoms with E-state index in [0.717, 1.165) is 49.4 Å². The number of piperidine rings is 1. The van der Waals surface area contributed by atoms with Gasteiger partial charge in [0, 0.05) is 19.2 Å². The molecule has 0 spiro atoms. The summed E-state index contributed by atoms with van der Waals surface area (Å²) in [5.41, 5.74) is 5.82. The smallest absolute Gasteiger partial charge is 0.272 e. The number of amides is 1. The van der Waals surface area contributed by atoms with E-state index >= 15 is 0 Å². The van der Waals surface area contributed by atoms with Crippen molar-refractivity contribution in [1.82, 2.24) is 14.7 Å². The molecule has 4 aromatic rings. The molecule has 174 valence electrons. The van der Waals surface area contributed by atoms with Gasteiger partial charge in [-0.1, -0.05) is 48.0 Å². The maximum absolute atomic E-state index is 13.7. The summed E-state index contributed by atoms with van der Waals surface area (Å²) >= 11 is 0. The fraction of sp³-hybridized carbons (Fsp3) is 0.310. The fourth-order valence-electron chi connectivity index (χ4n) is 4.90. The Morgan fingerprint density at radius 1 is 0.971 bits per heavy atom. The summed E-state index contributed by atoms with van der Waals surface area (Å²) in [4.78, 5) is 15.7. The Balaban J connectivity index is 1.40. The maximum Gasteiger partial charge on any atom is 0.272 e. The lowest BCUT2D eigenvalue weighted by atomic mass is 9.90. The Morgan fingerprint density at radius 3 is 2.41 bits per heavy atom. The summed E-state index contributed by atoms with van der Waals surface area (Å²) < 4.78 is 7.61. The second-order valence-electron chi connectivity index (χ2n) is 9.45. The number of carbonyl (C=O) groups is 1. The van der Waals surface area contributed by atoms with E-state index in [1.807, 2.05) is 36.1 Å². The fourth-order valence-corrected chi connectivity index (χ4v) is 4.90. The van der Waals surface area contributed by atoms with Crippen LogP contribution in [0.5, 0.6) is 0 Å². The van der Waals surface area contributed by atoms with Gasteiger partial charge in [-0.2, -0.15) is 5.10 Å². The normalized spacial score (nSPS) is 14.5. The van der Waals surface area contributed by atoms with E-state index in [0.29, 0.717) is 23.1 Å². The van der Waals surface area contributed by atoms with Crippen molar-refractivity contribution in [3.8, 4) is 17.1 Å². The van der Waals surface area contributed by atoms with Gasteiger partial charge in [-0.05, 0) is 75.3 Å². The van der Waals surface area contributed by atoms with Crippen molar-refractivity contribution in [1.29, 1.82) is 0 Å². The second-order valence-corrected chi connectivity index (χ2v) is 9.45. The van der Waals surface area contributed by atoms with Crippen molar-refractivity contribution in [3.05, 3.63) is 94.9 Å². The van der Waals surface area contributed by atoms with Crippen LogP contribution in [0.2, 0.25) is 0 Å². The number of hydrogen-bond donors (Lipinski definition) is 0. The largest absolute Gasteiger partial charge is 0.460 e. The van der Waals surface area contributed by atoms with Crippen LogP contribution < -0.4 is 0 Å². The molecule has 5 rings (SSSR count). The molecule has 0 unspecified atom stereocenters. The second kappa shape index (κ2) is 9.34. The van der Waals surface area contributed by atoms with E-state index in [-0.39, 0.29) is 5.91 Å². The molecule has 5 nitrogen and oxygen atoms in total. The van der Waals surface area contributed by atoms with E-state index in [4.69, 9.17) is 9.52 Å². The van der Waals surface area contributed by atoms with Gasteiger partial charge in [0.2, 0.25) is 0 Å². The molecule has 1 aliphatic heterocycles. The van der Waals surface area contributed by atoms with Crippen molar-refractivity contribution in [2.75, 3.05) is 13.1 Å². The first-order chi connectivity index (χ1) is 16.5. The molecular formula is C29H31N3O2. The molecule has 0 saturated carbocycles. The topological polar surface area (TPSA) is 51.3 Å². The minimum Gasteiger partial charge on any atom is -0.460 e. The third-order valence-corrected chi connectivity index (χ3v) is 6.77. The molecule has 2 aromatic carbocycles. The lowest BCUT2D eigenvalue weighted by Gasteiger charge is -2.32. The molecule has 34 heavy (non-hydrogen) atoms. The summed E-state index contributed by atoms with van der Waals surface area (Å²) in [6, 6.07) is 22.6. The van der Waals surface area contributed by atoms with Gasteiger partial charge in [0.1, 0.15) is 17.1 Å². The van der Waals surface area contributed by atoms with Crippen LogP contribution in [0.3, 0.4) is 0 Å². The average Bonchev–Trinajstić information content (AvgIpc) is 3.46. The summed E-state index contributed by atoms with van der Waals surface area (Å²) in [6.45, 7) is 7.58. The highest BCUT2D eigenvalue weighted by Crippen LogP contribution is 2.28. The van der Waals surface area contributed by atoms with Gasteiger partial charge in [-0.3, -0.25) is 4.79 Å². The van der Waals surface area contributed by atoms with Gasteiger partial charge >= 0.3 is 0 Å². The zero-order valence-corrected chi connectivity index (χ0v) is 20.1. The highest BCUT2D eigenvalue weighted by atomic mass is 16.3. The van der Waals surface area contributed by atoms with Gasteiger partial charge < -0.3 is 9.32 Å². The molecule has 1 aliphatic rings. The molecule has 5 heteroatoms. The average molecular weight is 454 g/mol. The van der Waals surface area contributed by atoms with E-state index in [2.05, 4.69) is 56.3 Å². The molecule has 1 saturated heterocycles. The molecule has 1 fully saturated rings. The molecule has 1 amide bonds. The first-order valence-electron chi connectivity index (χ1n) is 12.1. The Kier molecular flexibility index (Phi) is 6.10. The van der Waals surface area contributed by atoms with Crippen LogP contribution in [0.4, 0.5) is 0 Å². The van der Waals surface area contributed by atoms with Crippen LogP contribution in [-0.4, -0.2) is 33.7 Å². The predicted octanol–water partition coefficient (Wildman–Crippen LogP) is 6.15. The zero-order chi connectivity index (χ0) is 23.7. The van der Waals surface area contributed by atoms with Crippen molar-refractivity contribution in [2.24, 2.45) is 5.92 Å². The highest BCUT2D eigenvalue weighted by Gasteiger charge is 2.28. The lowest BCUT2D eigenvalue weighted by Crippen LogP contribution is -2.39. The van der Waals surface area contributed by atoms with Crippen LogP contribution in [0, 0.1) is 26.7 Å². The predicted molar refractivity (Wildman–Crippen MR) is 134 cm³/mol. The number of furan rings is 1. The van der Waals surface area contributed by atoms with Crippen LogP contribution in [-0.2, 0) is 6.42 Å². The van der Waals surface area contributed by atoms with Gasteiger partial charge in [0.25, 0.3) is 5.91 Å². The third-order valence-electron chi connectivity index (χ3n) is 6.77. The minimum absolute atomic E-state index is 0.0279. The Hall–Kier alpha value is -3.60. The number of rotatable bonds is 5. The molecule has 2 aromatic heterocycles. The Morgan fingerprint density at radius 2 is 1.74 bits per heavy atom. The van der Waals surface area contributed by atoms with Crippen LogP contribution in [0.15, 0.2) is 71.1 Å². The van der Waals surface area contributed by atoms with Crippen molar-refractivity contribution in [3.63, 3.8) is 0 Å². The summed E-state index contributed by atoms with van der Waals surface area (Å²) in [6.07, 6.45) is 3.11. The number of likely N-dealkylation sites (tertiary alicyclic amines) is 1. The molecule has 0 bridgehead atoms. The number of carbonyl (C=O) groups excluding carboxylic acids is 1. The highest BCUT2D eigenvalue weighted by molar-refractivity contribution is 5.94. The minimum atomic E-state index is 0.0279.